The van der Waals surface area contributed by atoms with Gasteiger partial charge < -0.3 is 15.5 Å². The van der Waals surface area contributed by atoms with Crippen molar-refractivity contribution in [2.24, 2.45) is 0 Å². The predicted molar refractivity (Wildman–Crippen MR) is 104 cm³/mol. The van der Waals surface area contributed by atoms with Crippen LogP contribution in [-0.2, 0) is 16.0 Å². The van der Waals surface area contributed by atoms with Crippen molar-refractivity contribution in [1.29, 1.82) is 0 Å². The first-order valence-corrected chi connectivity index (χ1v) is 10.1. The molecule has 1 spiro atoms. The maximum atomic E-state index is 12.7. The number of aryl methyl sites for hydroxylation is 1. The largest absolute Gasteiger partial charge is 0.369 e. The van der Waals surface area contributed by atoms with Crippen molar-refractivity contribution < 1.29 is 9.59 Å². The molecule has 9 heteroatoms. The third-order valence-electron chi connectivity index (χ3n) is 5.12. The van der Waals surface area contributed by atoms with Crippen LogP contribution < -0.4 is 10.6 Å². The molecule has 2 aliphatic heterocycles. The van der Waals surface area contributed by atoms with Crippen molar-refractivity contribution >= 4 is 35.0 Å². The number of nitrogens with one attached hydrogen (secondary N) is 3. The lowest BCUT2D eigenvalue weighted by molar-refractivity contribution is -0.132. The maximum Gasteiger partial charge on any atom is 0.250 e. The minimum Gasteiger partial charge on any atom is -0.369 e. The molecule has 0 aliphatic carbocycles. The van der Waals surface area contributed by atoms with Crippen LogP contribution in [0, 0.1) is 0 Å². The number of piperidine rings is 1. The lowest BCUT2D eigenvalue weighted by atomic mass is 9.84. The van der Waals surface area contributed by atoms with Gasteiger partial charge in [-0.3, -0.25) is 14.7 Å². The second-order valence-corrected chi connectivity index (χ2v) is 7.74. The zero-order chi connectivity index (χ0) is 18.9. The van der Waals surface area contributed by atoms with E-state index in [1.165, 1.54) is 11.8 Å². The molecular weight excluding hydrogens is 364 g/mol. The third kappa shape index (κ3) is 3.51. The molecule has 0 bridgehead atoms. The second kappa shape index (κ2) is 7.22. The van der Waals surface area contributed by atoms with E-state index in [4.69, 9.17) is 0 Å². The van der Waals surface area contributed by atoms with Gasteiger partial charge in [0.15, 0.2) is 0 Å². The highest BCUT2D eigenvalue weighted by atomic mass is 32.2. The van der Waals surface area contributed by atoms with Gasteiger partial charge in [-0.2, -0.15) is 0 Å². The summed E-state index contributed by atoms with van der Waals surface area (Å²) in [5.74, 6) is 1.15. The average Bonchev–Trinajstić information content (AvgIpc) is 3.16. The monoisotopic (exact) mass is 386 g/mol. The summed E-state index contributed by atoms with van der Waals surface area (Å²) in [6.07, 6.45) is 1.96. The minimum atomic E-state index is -0.641. The van der Waals surface area contributed by atoms with E-state index in [2.05, 4.69) is 25.8 Å². The first kappa shape index (κ1) is 17.8. The number of likely N-dealkylation sites (tertiary alicyclic amines) is 1. The van der Waals surface area contributed by atoms with Crippen LogP contribution in [0.25, 0.3) is 0 Å². The minimum absolute atomic E-state index is 0.0181. The molecule has 8 nitrogen and oxygen atoms in total. The molecule has 0 unspecified atom stereocenters. The number of fused-ring (bicyclic) bond motifs is 1. The van der Waals surface area contributed by atoms with E-state index >= 15 is 0 Å². The summed E-state index contributed by atoms with van der Waals surface area (Å²) in [6, 6.07) is 7.69. The first-order valence-electron chi connectivity index (χ1n) is 9.10. The Balaban J connectivity index is 1.34. The fourth-order valence-corrected chi connectivity index (χ4v) is 4.19. The highest BCUT2D eigenvalue weighted by Gasteiger charge is 2.44. The molecule has 3 heterocycles. The van der Waals surface area contributed by atoms with Crippen molar-refractivity contribution in [3.63, 3.8) is 0 Å². The lowest BCUT2D eigenvalue weighted by Crippen LogP contribution is -2.59. The second-order valence-electron chi connectivity index (χ2n) is 6.79. The number of rotatable bonds is 4. The van der Waals surface area contributed by atoms with Crippen molar-refractivity contribution in [1.82, 2.24) is 20.1 Å². The van der Waals surface area contributed by atoms with Crippen molar-refractivity contribution in [2.45, 2.75) is 36.9 Å². The topological polar surface area (TPSA) is 103 Å². The fraction of sp³-hybridized carbons (Fsp3) is 0.444. The zero-order valence-corrected chi connectivity index (χ0v) is 15.9. The number of hydrogen-bond donors (Lipinski definition) is 3. The van der Waals surface area contributed by atoms with Gasteiger partial charge in [-0.1, -0.05) is 30.8 Å². The SMILES string of the molecule is CCc1nc(SCC(=O)N2CCC3(CC2)Nc2ccccc2NC3=O)n[nH]1. The van der Waals surface area contributed by atoms with E-state index in [9.17, 15) is 9.59 Å². The summed E-state index contributed by atoms with van der Waals surface area (Å²) >= 11 is 1.34. The Morgan fingerprint density at radius 3 is 2.70 bits per heavy atom. The molecule has 142 valence electrons. The predicted octanol–water partition coefficient (Wildman–Crippen LogP) is 1.88. The number of H-pyrrole nitrogens is 1. The van der Waals surface area contributed by atoms with E-state index in [-0.39, 0.29) is 11.8 Å². The van der Waals surface area contributed by atoms with Gasteiger partial charge in [0.05, 0.1) is 17.1 Å². The van der Waals surface area contributed by atoms with Crippen molar-refractivity contribution in [3.05, 3.63) is 30.1 Å². The number of nitrogens with zero attached hydrogens (tertiary/aromatic N) is 3. The number of hydrogen-bond acceptors (Lipinski definition) is 6. The maximum absolute atomic E-state index is 12.7. The van der Waals surface area contributed by atoms with E-state index in [0.717, 1.165) is 23.6 Å². The molecule has 0 atom stereocenters. The van der Waals surface area contributed by atoms with Crippen LogP contribution >= 0.6 is 11.8 Å². The highest BCUT2D eigenvalue weighted by molar-refractivity contribution is 7.99. The molecule has 0 radical (unpaired) electrons. The summed E-state index contributed by atoms with van der Waals surface area (Å²) in [5.41, 5.74) is 1.10. The number of amides is 2. The van der Waals surface area contributed by atoms with E-state index in [0.29, 0.717) is 36.8 Å². The molecule has 1 aromatic heterocycles. The number of aromatic nitrogens is 3. The normalized spacial score (nSPS) is 18.0. The highest BCUT2D eigenvalue weighted by Crippen LogP contribution is 2.36. The molecule has 2 aromatic rings. The van der Waals surface area contributed by atoms with Gasteiger partial charge in [0.25, 0.3) is 0 Å². The number of benzene rings is 1. The van der Waals surface area contributed by atoms with E-state index in [1.54, 1.807) is 0 Å². The Morgan fingerprint density at radius 1 is 1.26 bits per heavy atom. The molecule has 1 fully saturated rings. The summed E-state index contributed by atoms with van der Waals surface area (Å²) in [7, 11) is 0. The fourth-order valence-electron chi connectivity index (χ4n) is 3.47. The van der Waals surface area contributed by atoms with Crippen LogP contribution in [-0.4, -0.2) is 56.3 Å². The van der Waals surface area contributed by atoms with Gasteiger partial charge >= 0.3 is 0 Å². The van der Waals surface area contributed by atoms with Crippen LogP contribution in [0.15, 0.2) is 29.4 Å². The Morgan fingerprint density at radius 2 is 2.00 bits per heavy atom. The van der Waals surface area contributed by atoms with Crippen LogP contribution in [0.2, 0.25) is 0 Å². The Labute approximate surface area is 161 Å². The summed E-state index contributed by atoms with van der Waals surface area (Å²) < 4.78 is 0. The molecule has 3 N–H and O–H groups in total. The lowest BCUT2D eigenvalue weighted by Gasteiger charge is -2.44. The standard InChI is InChI=1S/C18H22N6O2S/c1-2-14-20-17(23-22-14)27-11-15(25)24-9-7-18(8-10-24)16(26)19-12-5-3-4-6-13(12)21-18/h3-6,21H,2,7-11H2,1H3,(H,19,26)(H,20,22,23). The Bertz CT molecular complexity index is 859. The van der Waals surface area contributed by atoms with Gasteiger partial charge in [0.1, 0.15) is 11.4 Å². The number of aromatic amines is 1. The zero-order valence-electron chi connectivity index (χ0n) is 15.1. The van der Waals surface area contributed by atoms with Crippen molar-refractivity contribution in [3.8, 4) is 0 Å². The van der Waals surface area contributed by atoms with Gasteiger partial charge in [-0.15, -0.1) is 5.10 Å². The number of thioether (sulfide) groups is 1. The molecule has 1 aromatic carbocycles. The quantitative estimate of drug-likeness (QED) is 0.694. The Kier molecular flexibility index (Phi) is 4.77. The smallest absolute Gasteiger partial charge is 0.250 e. The number of carbonyl (C=O) groups is 2. The van der Waals surface area contributed by atoms with Crippen LogP contribution in [0.4, 0.5) is 11.4 Å². The van der Waals surface area contributed by atoms with Crippen LogP contribution in [0.5, 0.6) is 0 Å². The van der Waals surface area contributed by atoms with Crippen molar-refractivity contribution in [2.75, 3.05) is 29.5 Å². The third-order valence-corrected chi connectivity index (χ3v) is 5.96. The molecule has 4 rings (SSSR count). The van der Waals surface area contributed by atoms with Crippen LogP contribution in [0.3, 0.4) is 0 Å². The number of anilines is 2. The number of para-hydroxylation sites is 2. The Hall–Kier alpha value is -2.55. The summed E-state index contributed by atoms with van der Waals surface area (Å²) in [4.78, 5) is 31.3. The van der Waals surface area contributed by atoms with E-state index in [1.807, 2.05) is 36.1 Å². The number of carbonyl (C=O) groups excluding carboxylic acids is 2. The van der Waals surface area contributed by atoms with Crippen LogP contribution in [0.1, 0.15) is 25.6 Å². The van der Waals surface area contributed by atoms with Gasteiger partial charge in [0.2, 0.25) is 17.0 Å². The first-order chi connectivity index (χ1) is 13.1. The molecule has 2 amide bonds. The molecule has 27 heavy (non-hydrogen) atoms. The van der Waals surface area contributed by atoms with Gasteiger partial charge in [0, 0.05) is 19.5 Å². The molecule has 2 aliphatic rings. The molecule has 0 saturated carbocycles. The average molecular weight is 386 g/mol. The summed E-state index contributed by atoms with van der Waals surface area (Å²) in [6.45, 7) is 3.10. The van der Waals surface area contributed by atoms with E-state index < -0.39 is 5.54 Å². The molecular formula is C18H22N6O2S. The molecule has 1 saturated heterocycles. The van der Waals surface area contributed by atoms with Gasteiger partial charge in [-0.25, -0.2) is 4.98 Å². The summed E-state index contributed by atoms with van der Waals surface area (Å²) in [5, 5.41) is 13.9. The van der Waals surface area contributed by atoms with Gasteiger partial charge in [-0.05, 0) is 25.0 Å².